The molecule has 2 atom stereocenters. The fraction of sp³-hybridized carbons (Fsp3) is 0.733. The minimum absolute atomic E-state index is 0.152. The van der Waals surface area contributed by atoms with Gasteiger partial charge in [-0.3, -0.25) is 0 Å². The van der Waals surface area contributed by atoms with Crippen LogP contribution in [0.25, 0.3) is 0 Å². The first-order valence-corrected chi connectivity index (χ1v) is 7.55. The van der Waals surface area contributed by atoms with Gasteiger partial charge in [-0.2, -0.15) is 0 Å². The molecule has 1 fully saturated rings. The van der Waals surface area contributed by atoms with E-state index < -0.39 is 0 Å². The molecule has 0 aromatic carbocycles. The first kappa shape index (κ1) is 15.0. The van der Waals surface area contributed by atoms with Crippen LogP contribution in [0.15, 0.2) is 6.33 Å². The maximum Gasteiger partial charge on any atom is 0.135 e. The number of nitrogens with zero attached hydrogens (tertiary/aromatic N) is 2. The van der Waals surface area contributed by atoms with Gasteiger partial charge < -0.3 is 15.7 Å². The van der Waals surface area contributed by atoms with Crippen LogP contribution in [0.5, 0.6) is 0 Å². The Hall–Kier alpha value is -1.36. The lowest BCUT2D eigenvalue weighted by molar-refractivity contribution is 0.149. The Labute approximate surface area is 121 Å². The fourth-order valence-corrected chi connectivity index (χ4v) is 3.28. The van der Waals surface area contributed by atoms with Crippen molar-refractivity contribution in [3.05, 3.63) is 11.9 Å². The highest BCUT2D eigenvalue weighted by molar-refractivity contribution is 5.58. The number of hydrogen-bond acceptors (Lipinski definition) is 5. The molecule has 0 amide bonds. The van der Waals surface area contributed by atoms with Gasteiger partial charge in [-0.25, -0.2) is 9.97 Å². The van der Waals surface area contributed by atoms with E-state index in [0.717, 1.165) is 42.9 Å². The van der Waals surface area contributed by atoms with Crippen molar-refractivity contribution in [3.63, 3.8) is 0 Å². The van der Waals surface area contributed by atoms with Gasteiger partial charge in [-0.1, -0.05) is 26.7 Å². The minimum Gasteiger partial charge on any atom is -0.394 e. The van der Waals surface area contributed by atoms with Crippen LogP contribution in [0, 0.1) is 5.92 Å². The zero-order valence-electron chi connectivity index (χ0n) is 12.7. The SMILES string of the molecule is CCc1c(NC)ncnc1NC1(CO)CCCC(C)C1. The van der Waals surface area contributed by atoms with Gasteiger partial charge in [-0.15, -0.1) is 0 Å². The molecule has 1 aliphatic rings. The standard InChI is InChI=1S/C15H26N4O/c1-4-12-13(16-3)17-10-18-14(12)19-15(9-20)7-5-6-11(2)8-15/h10-11,20H,4-9H2,1-3H3,(H2,16,17,18,19). The van der Waals surface area contributed by atoms with Crippen LogP contribution in [0.4, 0.5) is 11.6 Å². The monoisotopic (exact) mass is 278 g/mol. The lowest BCUT2D eigenvalue weighted by Gasteiger charge is -2.40. The van der Waals surface area contributed by atoms with Gasteiger partial charge in [0.1, 0.15) is 18.0 Å². The molecule has 0 saturated heterocycles. The van der Waals surface area contributed by atoms with E-state index in [9.17, 15) is 5.11 Å². The number of aliphatic hydroxyl groups excluding tert-OH is 1. The highest BCUT2D eigenvalue weighted by atomic mass is 16.3. The van der Waals surface area contributed by atoms with Gasteiger partial charge in [-0.05, 0) is 25.2 Å². The number of hydrogen-bond donors (Lipinski definition) is 3. The molecule has 0 bridgehead atoms. The van der Waals surface area contributed by atoms with Crippen LogP contribution in [-0.4, -0.2) is 34.3 Å². The number of aliphatic hydroxyl groups is 1. The Bertz CT molecular complexity index is 451. The topological polar surface area (TPSA) is 70.1 Å². The molecule has 112 valence electrons. The Morgan fingerprint density at radius 3 is 2.75 bits per heavy atom. The molecule has 2 rings (SSSR count). The van der Waals surface area contributed by atoms with E-state index in [1.165, 1.54) is 6.42 Å². The minimum atomic E-state index is -0.235. The van der Waals surface area contributed by atoms with Crippen molar-refractivity contribution < 1.29 is 5.11 Å². The summed E-state index contributed by atoms with van der Waals surface area (Å²) in [6.45, 7) is 4.50. The van der Waals surface area contributed by atoms with Crippen LogP contribution in [0.1, 0.15) is 45.1 Å². The van der Waals surface area contributed by atoms with Crippen LogP contribution >= 0.6 is 0 Å². The molecule has 1 aromatic rings. The van der Waals surface area contributed by atoms with E-state index in [0.29, 0.717) is 5.92 Å². The summed E-state index contributed by atoms with van der Waals surface area (Å²) in [6, 6.07) is 0. The van der Waals surface area contributed by atoms with E-state index in [1.54, 1.807) is 6.33 Å². The van der Waals surface area contributed by atoms with E-state index in [2.05, 4.69) is 34.4 Å². The zero-order chi connectivity index (χ0) is 14.6. The van der Waals surface area contributed by atoms with Crippen molar-refractivity contribution in [2.45, 2.75) is 51.5 Å². The molecule has 0 aliphatic heterocycles. The maximum absolute atomic E-state index is 9.89. The highest BCUT2D eigenvalue weighted by Crippen LogP contribution is 2.35. The summed E-state index contributed by atoms with van der Waals surface area (Å²) in [5.74, 6) is 2.36. The summed E-state index contributed by atoms with van der Waals surface area (Å²) in [5, 5.41) is 16.5. The van der Waals surface area contributed by atoms with Gasteiger partial charge in [0.15, 0.2) is 0 Å². The predicted octanol–water partition coefficient (Wildman–Crippen LogP) is 2.43. The molecular weight excluding hydrogens is 252 g/mol. The largest absolute Gasteiger partial charge is 0.394 e. The van der Waals surface area contributed by atoms with E-state index in [-0.39, 0.29) is 12.1 Å². The van der Waals surface area contributed by atoms with Crippen molar-refractivity contribution in [3.8, 4) is 0 Å². The molecule has 1 aromatic heterocycles. The average Bonchev–Trinajstić information content (AvgIpc) is 2.47. The number of nitrogens with one attached hydrogen (secondary N) is 2. The third kappa shape index (κ3) is 3.03. The van der Waals surface area contributed by atoms with Crippen LogP contribution in [-0.2, 0) is 6.42 Å². The van der Waals surface area contributed by atoms with Crippen molar-refractivity contribution in [1.82, 2.24) is 9.97 Å². The third-order valence-electron chi connectivity index (χ3n) is 4.31. The predicted molar refractivity (Wildman–Crippen MR) is 82.0 cm³/mol. The van der Waals surface area contributed by atoms with Crippen molar-refractivity contribution in [2.75, 3.05) is 24.3 Å². The molecule has 1 heterocycles. The lowest BCUT2D eigenvalue weighted by atomic mass is 9.76. The molecule has 0 spiro atoms. The molecule has 20 heavy (non-hydrogen) atoms. The van der Waals surface area contributed by atoms with Gasteiger partial charge in [0.05, 0.1) is 12.1 Å². The van der Waals surface area contributed by atoms with Crippen molar-refractivity contribution in [2.24, 2.45) is 5.92 Å². The average molecular weight is 278 g/mol. The van der Waals surface area contributed by atoms with Crippen LogP contribution < -0.4 is 10.6 Å². The molecule has 3 N–H and O–H groups in total. The van der Waals surface area contributed by atoms with E-state index in [1.807, 2.05) is 7.05 Å². The quantitative estimate of drug-likeness (QED) is 0.771. The van der Waals surface area contributed by atoms with E-state index >= 15 is 0 Å². The normalized spacial score (nSPS) is 26.3. The number of rotatable bonds is 5. The van der Waals surface area contributed by atoms with Gasteiger partial charge in [0.25, 0.3) is 0 Å². The Morgan fingerprint density at radius 2 is 2.15 bits per heavy atom. The van der Waals surface area contributed by atoms with E-state index in [4.69, 9.17) is 0 Å². The van der Waals surface area contributed by atoms with Crippen LogP contribution in [0.2, 0.25) is 0 Å². The summed E-state index contributed by atoms with van der Waals surface area (Å²) < 4.78 is 0. The second-order valence-electron chi connectivity index (χ2n) is 5.92. The van der Waals surface area contributed by atoms with Crippen molar-refractivity contribution in [1.29, 1.82) is 0 Å². The smallest absolute Gasteiger partial charge is 0.135 e. The second-order valence-corrected chi connectivity index (χ2v) is 5.92. The Morgan fingerprint density at radius 1 is 1.40 bits per heavy atom. The third-order valence-corrected chi connectivity index (χ3v) is 4.31. The fourth-order valence-electron chi connectivity index (χ4n) is 3.28. The van der Waals surface area contributed by atoms with Gasteiger partial charge >= 0.3 is 0 Å². The second kappa shape index (κ2) is 6.39. The molecule has 1 aliphatic carbocycles. The number of anilines is 2. The van der Waals surface area contributed by atoms with Gasteiger partial charge in [0, 0.05) is 12.6 Å². The van der Waals surface area contributed by atoms with Crippen molar-refractivity contribution >= 4 is 11.6 Å². The highest BCUT2D eigenvalue weighted by Gasteiger charge is 2.35. The lowest BCUT2D eigenvalue weighted by Crippen LogP contribution is -2.46. The summed E-state index contributed by atoms with van der Waals surface area (Å²) in [5.41, 5.74) is 0.849. The summed E-state index contributed by atoms with van der Waals surface area (Å²) >= 11 is 0. The first-order valence-electron chi connectivity index (χ1n) is 7.55. The molecule has 1 saturated carbocycles. The van der Waals surface area contributed by atoms with Crippen LogP contribution in [0.3, 0.4) is 0 Å². The summed E-state index contributed by atoms with van der Waals surface area (Å²) in [6.07, 6.45) is 6.82. The Kier molecular flexibility index (Phi) is 4.81. The molecular formula is C15H26N4O. The summed E-state index contributed by atoms with van der Waals surface area (Å²) in [4.78, 5) is 8.66. The molecule has 5 nitrogen and oxygen atoms in total. The Balaban J connectivity index is 2.27. The zero-order valence-corrected chi connectivity index (χ0v) is 12.7. The number of aromatic nitrogens is 2. The molecule has 5 heteroatoms. The molecule has 2 unspecified atom stereocenters. The summed E-state index contributed by atoms with van der Waals surface area (Å²) in [7, 11) is 1.87. The molecule has 0 radical (unpaired) electrons. The maximum atomic E-state index is 9.89. The first-order chi connectivity index (χ1) is 9.64. The van der Waals surface area contributed by atoms with Gasteiger partial charge in [0.2, 0.25) is 0 Å².